The van der Waals surface area contributed by atoms with Crippen molar-refractivity contribution in [1.29, 1.82) is 0 Å². The molecule has 0 aliphatic heterocycles. The van der Waals surface area contributed by atoms with Crippen LogP contribution in [0.25, 0.3) is 10.9 Å². The standard InChI is InChI=1S/C23H18N4O2/c1-2-21(28)26-23-25-20-11-7-6-10-19(20)22(27-23)24-16-12-14-18(15-13-16)29-17-8-4-3-5-9-17/h2-15H,1H2,(H2,24,25,26,27,28). The lowest BCUT2D eigenvalue weighted by molar-refractivity contribution is -0.111. The number of hydrogen-bond acceptors (Lipinski definition) is 5. The van der Waals surface area contributed by atoms with Crippen molar-refractivity contribution in [3.63, 3.8) is 0 Å². The molecule has 0 radical (unpaired) electrons. The molecule has 6 nitrogen and oxygen atoms in total. The first-order chi connectivity index (χ1) is 14.2. The second kappa shape index (κ2) is 8.22. The number of carbonyl (C=O) groups excluding carboxylic acids is 1. The minimum atomic E-state index is -0.367. The summed E-state index contributed by atoms with van der Waals surface area (Å²) < 4.78 is 5.82. The summed E-state index contributed by atoms with van der Waals surface area (Å²) in [5.41, 5.74) is 1.55. The lowest BCUT2D eigenvalue weighted by atomic mass is 10.2. The van der Waals surface area contributed by atoms with Crippen LogP contribution in [0.3, 0.4) is 0 Å². The van der Waals surface area contributed by atoms with Crippen LogP contribution in [-0.2, 0) is 4.79 Å². The van der Waals surface area contributed by atoms with Gasteiger partial charge in [0.1, 0.15) is 17.3 Å². The fraction of sp³-hybridized carbons (Fsp3) is 0. The van der Waals surface area contributed by atoms with Crippen LogP contribution in [0.1, 0.15) is 0 Å². The molecule has 0 atom stereocenters. The Morgan fingerprint density at radius 2 is 1.55 bits per heavy atom. The molecule has 0 fully saturated rings. The van der Waals surface area contributed by atoms with Gasteiger partial charge in [0.05, 0.1) is 5.52 Å². The third-order valence-electron chi connectivity index (χ3n) is 4.12. The topological polar surface area (TPSA) is 76.1 Å². The van der Waals surface area contributed by atoms with Crippen LogP contribution in [0.5, 0.6) is 11.5 Å². The Bertz CT molecular complexity index is 1160. The molecule has 0 aliphatic carbocycles. The maximum Gasteiger partial charge on any atom is 0.250 e. The van der Waals surface area contributed by atoms with Crippen molar-refractivity contribution in [1.82, 2.24) is 9.97 Å². The van der Waals surface area contributed by atoms with Gasteiger partial charge in [-0.2, -0.15) is 4.98 Å². The van der Waals surface area contributed by atoms with Crippen LogP contribution in [0.15, 0.2) is 91.5 Å². The molecule has 6 heteroatoms. The zero-order chi connectivity index (χ0) is 20.1. The van der Waals surface area contributed by atoms with Gasteiger partial charge in [-0.25, -0.2) is 4.98 Å². The van der Waals surface area contributed by atoms with Gasteiger partial charge in [0, 0.05) is 11.1 Å². The molecule has 4 rings (SSSR count). The first kappa shape index (κ1) is 18.2. The molecule has 1 amide bonds. The van der Waals surface area contributed by atoms with Crippen molar-refractivity contribution in [2.75, 3.05) is 10.6 Å². The predicted octanol–water partition coefficient (Wildman–Crippen LogP) is 5.29. The monoisotopic (exact) mass is 382 g/mol. The van der Waals surface area contributed by atoms with Gasteiger partial charge in [-0.15, -0.1) is 0 Å². The first-order valence-electron chi connectivity index (χ1n) is 9.01. The molecule has 3 aromatic carbocycles. The summed E-state index contributed by atoms with van der Waals surface area (Å²) in [6, 6.07) is 24.7. The van der Waals surface area contributed by atoms with Crippen molar-refractivity contribution in [2.45, 2.75) is 0 Å². The number of rotatable bonds is 6. The van der Waals surface area contributed by atoms with Crippen LogP contribution in [0, 0.1) is 0 Å². The van der Waals surface area contributed by atoms with E-state index in [1.54, 1.807) is 0 Å². The number of fused-ring (bicyclic) bond motifs is 1. The first-order valence-corrected chi connectivity index (χ1v) is 9.01. The average molecular weight is 382 g/mol. The Morgan fingerprint density at radius 3 is 2.31 bits per heavy atom. The fourth-order valence-corrected chi connectivity index (χ4v) is 2.76. The SMILES string of the molecule is C=CC(=O)Nc1nc(Nc2ccc(Oc3ccccc3)cc2)c2ccccc2n1. The maximum absolute atomic E-state index is 11.6. The molecular weight excluding hydrogens is 364 g/mol. The predicted molar refractivity (Wildman–Crippen MR) is 115 cm³/mol. The second-order valence-corrected chi connectivity index (χ2v) is 6.17. The molecule has 0 saturated carbocycles. The molecule has 0 saturated heterocycles. The van der Waals surface area contributed by atoms with Gasteiger partial charge in [-0.05, 0) is 54.6 Å². The Balaban J connectivity index is 1.59. The van der Waals surface area contributed by atoms with E-state index in [4.69, 9.17) is 4.74 Å². The van der Waals surface area contributed by atoms with Crippen LogP contribution >= 0.6 is 0 Å². The van der Waals surface area contributed by atoms with Crippen LogP contribution < -0.4 is 15.4 Å². The van der Waals surface area contributed by atoms with Crippen molar-refractivity contribution >= 4 is 34.3 Å². The molecule has 2 N–H and O–H groups in total. The normalized spacial score (nSPS) is 10.3. The minimum Gasteiger partial charge on any atom is -0.457 e. The Kier molecular flexibility index (Phi) is 5.16. The van der Waals surface area contributed by atoms with Gasteiger partial charge in [0.15, 0.2) is 0 Å². The lowest BCUT2D eigenvalue weighted by Gasteiger charge is -2.12. The summed E-state index contributed by atoms with van der Waals surface area (Å²) in [5, 5.41) is 6.73. The number of benzene rings is 3. The third kappa shape index (κ3) is 4.39. The second-order valence-electron chi connectivity index (χ2n) is 6.17. The van der Waals surface area contributed by atoms with Gasteiger partial charge >= 0.3 is 0 Å². The molecule has 29 heavy (non-hydrogen) atoms. The molecule has 0 spiro atoms. The number of nitrogens with zero attached hydrogens (tertiary/aromatic N) is 2. The third-order valence-corrected chi connectivity index (χ3v) is 4.12. The minimum absolute atomic E-state index is 0.208. The van der Waals surface area contributed by atoms with Crippen LogP contribution in [0.4, 0.5) is 17.5 Å². The van der Waals surface area contributed by atoms with E-state index in [-0.39, 0.29) is 11.9 Å². The molecule has 1 aromatic heterocycles. The molecular formula is C23H18N4O2. The Labute approximate surface area is 167 Å². The van der Waals surface area contributed by atoms with Gasteiger partial charge < -0.3 is 10.1 Å². The molecule has 1 heterocycles. The maximum atomic E-state index is 11.6. The summed E-state index contributed by atoms with van der Waals surface area (Å²) in [4.78, 5) is 20.4. The molecule has 142 valence electrons. The fourth-order valence-electron chi connectivity index (χ4n) is 2.76. The highest BCUT2D eigenvalue weighted by atomic mass is 16.5. The zero-order valence-electron chi connectivity index (χ0n) is 15.5. The van der Waals surface area contributed by atoms with Crippen LogP contribution in [0.2, 0.25) is 0 Å². The van der Waals surface area contributed by atoms with E-state index in [2.05, 4.69) is 27.2 Å². The molecule has 0 aliphatic rings. The summed E-state index contributed by atoms with van der Waals surface area (Å²) in [6.07, 6.45) is 1.18. The van der Waals surface area contributed by atoms with Gasteiger partial charge in [0.2, 0.25) is 11.9 Å². The smallest absolute Gasteiger partial charge is 0.250 e. The highest BCUT2D eigenvalue weighted by molar-refractivity contribution is 5.99. The highest BCUT2D eigenvalue weighted by Gasteiger charge is 2.09. The number of nitrogens with one attached hydrogen (secondary N) is 2. The average Bonchev–Trinajstić information content (AvgIpc) is 2.76. The summed E-state index contributed by atoms with van der Waals surface area (Å²) in [5.74, 6) is 1.94. The van der Waals surface area contributed by atoms with Crippen molar-refractivity contribution < 1.29 is 9.53 Å². The zero-order valence-corrected chi connectivity index (χ0v) is 15.5. The molecule has 0 bridgehead atoms. The van der Waals surface area contributed by atoms with E-state index in [1.807, 2.05) is 78.9 Å². The van der Waals surface area contributed by atoms with E-state index in [1.165, 1.54) is 6.08 Å². The highest BCUT2D eigenvalue weighted by Crippen LogP contribution is 2.27. The van der Waals surface area contributed by atoms with Gasteiger partial charge in [0.25, 0.3) is 0 Å². The van der Waals surface area contributed by atoms with E-state index in [9.17, 15) is 4.79 Å². The Hall–Kier alpha value is -4.19. The van der Waals surface area contributed by atoms with Crippen LogP contribution in [-0.4, -0.2) is 15.9 Å². The number of aromatic nitrogens is 2. The lowest BCUT2D eigenvalue weighted by Crippen LogP contribution is -2.11. The van der Waals surface area contributed by atoms with Gasteiger partial charge in [-0.3, -0.25) is 10.1 Å². The van der Waals surface area contributed by atoms with E-state index in [0.717, 1.165) is 22.6 Å². The number of amides is 1. The number of anilines is 3. The van der Waals surface area contributed by atoms with E-state index in [0.29, 0.717) is 11.3 Å². The summed E-state index contributed by atoms with van der Waals surface area (Å²) in [6.45, 7) is 3.45. The number of hydrogen-bond donors (Lipinski definition) is 2. The van der Waals surface area contributed by atoms with Crippen molar-refractivity contribution in [3.8, 4) is 11.5 Å². The number of para-hydroxylation sites is 2. The number of ether oxygens (including phenoxy) is 1. The molecule has 0 unspecified atom stereocenters. The quantitative estimate of drug-likeness (QED) is 0.443. The number of carbonyl (C=O) groups is 1. The van der Waals surface area contributed by atoms with E-state index < -0.39 is 0 Å². The largest absolute Gasteiger partial charge is 0.457 e. The Morgan fingerprint density at radius 1 is 0.862 bits per heavy atom. The summed E-state index contributed by atoms with van der Waals surface area (Å²) >= 11 is 0. The van der Waals surface area contributed by atoms with E-state index >= 15 is 0 Å². The van der Waals surface area contributed by atoms with Crippen molar-refractivity contribution in [3.05, 3.63) is 91.5 Å². The summed E-state index contributed by atoms with van der Waals surface area (Å²) in [7, 11) is 0. The van der Waals surface area contributed by atoms with Crippen molar-refractivity contribution in [2.24, 2.45) is 0 Å². The molecule has 4 aromatic rings. The van der Waals surface area contributed by atoms with Gasteiger partial charge in [-0.1, -0.05) is 36.9 Å².